The van der Waals surface area contributed by atoms with Crippen LogP contribution in [0.25, 0.3) is 10.2 Å². The van der Waals surface area contributed by atoms with Crippen LogP contribution in [0.5, 0.6) is 0 Å². The van der Waals surface area contributed by atoms with E-state index in [0.29, 0.717) is 25.0 Å². The van der Waals surface area contributed by atoms with E-state index in [4.69, 9.17) is 4.74 Å². The van der Waals surface area contributed by atoms with Gasteiger partial charge < -0.3 is 25.6 Å². The molecule has 3 aliphatic rings. The number of rotatable bonds is 9. The van der Waals surface area contributed by atoms with Gasteiger partial charge in [-0.2, -0.15) is 0 Å². The Morgan fingerprint density at radius 2 is 1.86 bits per heavy atom. The van der Waals surface area contributed by atoms with E-state index in [1.165, 1.54) is 11.3 Å². The number of nitrogens with one attached hydrogen (secondary N) is 3. The van der Waals surface area contributed by atoms with E-state index in [1.807, 2.05) is 38.1 Å². The summed E-state index contributed by atoms with van der Waals surface area (Å²) in [5, 5.41) is 8.75. The molecule has 5 rings (SSSR count). The number of hydrogen-bond acceptors (Lipinski definition) is 8. The van der Waals surface area contributed by atoms with Crippen molar-refractivity contribution in [2.75, 3.05) is 13.1 Å². The SMILES string of the molecule is CC(C)[C@H](NC(=O)OC(C)(C)C)C(=O)N1C[C@H]2[C@@H]([C@H]1C(=O)N[C@@H](C[C@@H]1CCNC1=O)C(=O)c1nc3ccccc3s1)C2(C)C. The minimum atomic E-state index is -0.990. The van der Waals surface area contributed by atoms with Crippen molar-refractivity contribution < 1.29 is 28.7 Å². The zero-order valence-corrected chi connectivity index (χ0v) is 27.2. The number of piperidine rings is 1. The highest BCUT2D eigenvalue weighted by molar-refractivity contribution is 7.20. The summed E-state index contributed by atoms with van der Waals surface area (Å²) in [5.41, 5.74) is -0.211. The van der Waals surface area contributed by atoms with Crippen molar-refractivity contribution in [3.05, 3.63) is 29.3 Å². The highest BCUT2D eigenvalue weighted by atomic mass is 32.1. The first-order valence-corrected chi connectivity index (χ1v) is 16.2. The molecule has 0 spiro atoms. The van der Waals surface area contributed by atoms with Crippen molar-refractivity contribution in [1.82, 2.24) is 25.8 Å². The van der Waals surface area contributed by atoms with Gasteiger partial charge in [-0.15, -0.1) is 11.3 Å². The first-order chi connectivity index (χ1) is 20.6. The molecule has 2 aromatic rings. The van der Waals surface area contributed by atoms with Crippen molar-refractivity contribution in [2.45, 2.75) is 85.0 Å². The molecular formula is C32H43N5O6S. The summed E-state index contributed by atoms with van der Waals surface area (Å²) in [7, 11) is 0. The van der Waals surface area contributed by atoms with E-state index in [9.17, 15) is 24.0 Å². The molecule has 6 atom stereocenters. The van der Waals surface area contributed by atoms with E-state index in [0.717, 1.165) is 4.70 Å². The molecule has 4 amide bonds. The quantitative estimate of drug-likeness (QED) is 0.362. The molecule has 3 N–H and O–H groups in total. The van der Waals surface area contributed by atoms with Crippen LogP contribution in [-0.2, 0) is 19.1 Å². The number of carbonyl (C=O) groups excluding carboxylic acids is 5. The van der Waals surface area contributed by atoms with Crippen LogP contribution < -0.4 is 16.0 Å². The van der Waals surface area contributed by atoms with Crippen molar-refractivity contribution in [1.29, 1.82) is 0 Å². The number of amides is 4. The van der Waals surface area contributed by atoms with E-state index in [-0.39, 0.29) is 52.2 Å². The third-order valence-corrected chi connectivity index (χ3v) is 10.2. The zero-order valence-electron chi connectivity index (χ0n) is 26.4. The molecule has 12 heteroatoms. The van der Waals surface area contributed by atoms with Crippen LogP contribution in [0, 0.1) is 29.1 Å². The van der Waals surface area contributed by atoms with Crippen LogP contribution in [0.15, 0.2) is 24.3 Å². The molecule has 1 saturated carbocycles. The molecule has 0 radical (unpaired) electrons. The molecule has 1 aliphatic carbocycles. The summed E-state index contributed by atoms with van der Waals surface area (Å²) in [6.45, 7) is 13.9. The fraction of sp³-hybridized carbons (Fsp3) is 0.625. The normalized spacial score (nSPS) is 25.3. The number of ketones is 1. The van der Waals surface area contributed by atoms with Gasteiger partial charge in [-0.3, -0.25) is 19.2 Å². The fourth-order valence-electron chi connectivity index (χ4n) is 6.71. The van der Waals surface area contributed by atoms with Gasteiger partial charge in [-0.1, -0.05) is 39.8 Å². The highest BCUT2D eigenvalue weighted by Crippen LogP contribution is 2.65. The molecule has 3 heterocycles. The number of benzene rings is 1. The summed E-state index contributed by atoms with van der Waals surface area (Å²) < 4.78 is 6.26. The molecular weight excluding hydrogens is 582 g/mol. The van der Waals surface area contributed by atoms with Gasteiger partial charge in [0.05, 0.1) is 16.3 Å². The van der Waals surface area contributed by atoms with Crippen molar-refractivity contribution in [2.24, 2.45) is 29.1 Å². The Hall–Kier alpha value is -3.54. The molecule has 2 aliphatic heterocycles. The second-order valence-electron chi connectivity index (χ2n) is 14.2. The number of hydrogen-bond donors (Lipinski definition) is 3. The van der Waals surface area contributed by atoms with E-state index < -0.39 is 41.6 Å². The zero-order chi connectivity index (χ0) is 32.1. The van der Waals surface area contributed by atoms with Crippen LogP contribution in [0.4, 0.5) is 4.79 Å². The molecule has 1 aromatic heterocycles. The lowest BCUT2D eigenvalue weighted by Crippen LogP contribution is -2.59. The number of carbonyl (C=O) groups is 5. The van der Waals surface area contributed by atoms with Gasteiger partial charge in [0.15, 0.2) is 5.01 Å². The maximum Gasteiger partial charge on any atom is 0.408 e. The second-order valence-corrected chi connectivity index (χ2v) is 15.2. The minimum absolute atomic E-state index is 0.103. The Morgan fingerprint density at radius 1 is 1.16 bits per heavy atom. The van der Waals surface area contributed by atoms with Gasteiger partial charge in [0.25, 0.3) is 0 Å². The molecule has 2 saturated heterocycles. The molecule has 238 valence electrons. The number of thiazole rings is 1. The summed E-state index contributed by atoms with van der Waals surface area (Å²) in [4.78, 5) is 73.3. The number of para-hydroxylation sites is 1. The predicted molar refractivity (Wildman–Crippen MR) is 166 cm³/mol. The number of Topliss-reactive ketones (excluding diaryl/α,β-unsaturated/α-hetero) is 1. The molecule has 1 aromatic carbocycles. The lowest BCUT2D eigenvalue weighted by Gasteiger charge is -2.35. The lowest BCUT2D eigenvalue weighted by molar-refractivity contribution is -0.143. The average Bonchev–Trinajstić information content (AvgIpc) is 3.45. The maximum absolute atomic E-state index is 14.2. The Kier molecular flexibility index (Phi) is 8.52. The first-order valence-electron chi connectivity index (χ1n) is 15.4. The van der Waals surface area contributed by atoms with Crippen LogP contribution in [0.1, 0.15) is 71.1 Å². The molecule has 44 heavy (non-hydrogen) atoms. The van der Waals surface area contributed by atoms with Crippen molar-refractivity contribution >= 4 is 51.2 Å². The standard InChI is InChI=1S/C32H43N5O6S/c1-16(2)23(36-30(42)43-31(3,4)5)29(41)37-15-18-22(32(18,6)7)24(37)27(40)34-20(14-17-12-13-33-26(17)39)25(38)28-35-19-10-8-9-11-21(19)44-28/h8-11,16-18,20,22-24H,12-15H2,1-7H3,(H,33,39)(H,34,40)(H,36,42)/t17-,18-,20-,22-,23-,24-/m0/s1. The largest absolute Gasteiger partial charge is 0.444 e. The van der Waals surface area contributed by atoms with E-state index in [1.54, 1.807) is 25.7 Å². The smallest absolute Gasteiger partial charge is 0.408 e. The lowest BCUT2D eigenvalue weighted by atomic mass is 9.94. The van der Waals surface area contributed by atoms with Gasteiger partial charge in [-0.05, 0) is 68.9 Å². The van der Waals surface area contributed by atoms with Crippen LogP contribution >= 0.6 is 11.3 Å². The van der Waals surface area contributed by atoms with Crippen LogP contribution in [0.2, 0.25) is 0 Å². The number of nitrogens with zero attached hydrogens (tertiary/aromatic N) is 2. The molecule has 3 fully saturated rings. The number of ether oxygens (including phenoxy) is 1. The van der Waals surface area contributed by atoms with Gasteiger partial charge in [0, 0.05) is 19.0 Å². The summed E-state index contributed by atoms with van der Waals surface area (Å²) in [5.74, 6) is -1.98. The van der Waals surface area contributed by atoms with Crippen LogP contribution in [0.3, 0.4) is 0 Å². The predicted octanol–water partition coefficient (Wildman–Crippen LogP) is 3.52. The Labute approximate surface area is 261 Å². The average molecular weight is 626 g/mol. The van der Waals surface area contributed by atoms with Gasteiger partial charge in [-0.25, -0.2) is 9.78 Å². The highest BCUT2D eigenvalue weighted by Gasteiger charge is 2.69. The third-order valence-electron chi connectivity index (χ3n) is 9.19. The topological polar surface area (TPSA) is 147 Å². The van der Waals surface area contributed by atoms with E-state index in [2.05, 4.69) is 34.8 Å². The Morgan fingerprint density at radius 3 is 2.48 bits per heavy atom. The number of likely N-dealkylation sites (tertiary alicyclic amines) is 1. The van der Waals surface area contributed by atoms with Crippen molar-refractivity contribution in [3.63, 3.8) is 0 Å². The Balaban J connectivity index is 1.40. The summed E-state index contributed by atoms with van der Waals surface area (Å²) in [6, 6.07) is 4.72. The summed E-state index contributed by atoms with van der Waals surface area (Å²) in [6.07, 6.45) is 0.00193. The molecule has 0 bridgehead atoms. The number of aromatic nitrogens is 1. The second kappa shape index (κ2) is 11.8. The number of alkyl carbamates (subject to hydrolysis) is 1. The van der Waals surface area contributed by atoms with Gasteiger partial charge in [0.2, 0.25) is 23.5 Å². The fourth-order valence-corrected chi connectivity index (χ4v) is 7.67. The first kappa shape index (κ1) is 31.9. The maximum atomic E-state index is 14.2. The summed E-state index contributed by atoms with van der Waals surface area (Å²) >= 11 is 1.25. The Bertz CT molecular complexity index is 1450. The van der Waals surface area contributed by atoms with E-state index >= 15 is 0 Å². The van der Waals surface area contributed by atoms with Crippen LogP contribution in [-0.4, -0.2) is 76.3 Å². The van der Waals surface area contributed by atoms with Crippen molar-refractivity contribution in [3.8, 4) is 0 Å². The van der Waals surface area contributed by atoms with Gasteiger partial charge in [0.1, 0.15) is 17.7 Å². The van der Waals surface area contributed by atoms with Gasteiger partial charge >= 0.3 is 6.09 Å². The third kappa shape index (κ3) is 6.31. The minimum Gasteiger partial charge on any atom is -0.444 e. The molecule has 11 nitrogen and oxygen atoms in total. The monoisotopic (exact) mass is 625 g/mol. The number of fused-ring (bicyclic) bond motifs is 2. The molecule has 0 unspecified atom stereocenters.